The molecule has 2 fully saturated rings. The van der Waals surface area contributed by atoms with Gasteiger partial charge in [0.2, 0.25) is 0 Å². The van der Waals surface area contributed by atoms with E-state index in [1.807, 2.05) is 0 Å². The van der Waals surface area contributed by atoms with Gasteiger partial charge < -0.3 is 14.2 Å². The van der Waals surface area contributed by atoms with E-state index in [-0.39, 0.29) is 5.97 Å². The zero-order chi connectivity index (χ0) is 14.9. The van der Waals surface area contributed by atoms with Crippen molar-refractivity contribution in [1.29, 1.82) is 0 Å². The van der Waals surface area contributed by atoms with Crippen LogP contribution in [0.4, 0.5) is 0 Å². The van der Waals surface area contributed by atoms with E-state index in [0.29, 0.717) is 23.1 Å². The fraction of sp³-hybridized carbons (Fsp3) is 0.562. The largest absolute Gasteiger partial charge is 0.493 e. The van der Waals surface area contributed by atoms with E-state index in [0.717, 1.165) is 25.7 Å². The molecule has 0 radical (unpaired) electrons. The zero-order valence-corrected chi connectivity index (χ0v) is 12.5. The van der Waals surface area contributed by atoms with Gasteiger partial charge in [-0.2, -0.15) is 0 Å². The summed E-state index contributed by atoms with van der Waals surface area (Å²) in [5, 5.41) is 3.46. The molecule has 2 saturated heterocycles. The van der Waals surface area contributed by atoms with Gasteiger partial charge in [-0.05, 0) is 37.5 Å². The number of benzene rings is 1. The monoisotopic (exact) mass is 291 g/mol. The molecule has 0 aromatic heterocycles. The van der Waals surface area contributed by atoms with Crippen LogP contribution in [0.15, 0.2) is 18.2 Å². The summed E-state index contributed by atoms with van der Waals surface area (Å²) in [4.78, 5) is 12.4. The van der Waals surface area contributed by atoms with Gasteiger partial charge in [-0.3, -0.25) is 5.32 Å². The Hall–Kier alpha value is -1.75. The highest BCUT2D eigenvalue weighted by Gasteiger charge is 2.44. The smallest absolute Gasteiger partial charge is 0.340 e. The van der Waals surface area contributed by atoms with Crippen LogP contribution in [-0.4, -0.2) is 32.0 Å². The molecule has 0 aliphatic carbocycles. The predicted octanol–water partition coefficient (Wildman–Crippen LogP) is 2.49. The quantitative estimate of drug-likeness (QED) is 0.864. The van der Waals surface area contributed by atoms with Gasteiger partial charge in [0.15, 0.2) is 17.2 Å². The van der Waals surface area contributed by atoms with Crippen LogP contribution in [-0.2, 0) is 4.74 Å². The molecule has 0 amide bonds. The molecule has 2 aliphatic heterocycles. The molecule has 114 valence electrons. The van der Waals surface area contributed by atoms with Gasteiger partial charge in [0.05, 0.1) is 19.8 Å². The maximum atomic E-state index is 12.4. The van der Waals surface area contributed by atoms with Crippen molar-refractivity contribution in [1.82, 2.24) is 5.32 Å². The third-order valence-electron chi connectivity index (χ3n) is 4.40. The number of ether oxygens (including phenoxy) is 3. The summed E-state index contributed by atoms with van der Waals surface area (Å²) in [6.45, 7) is 0. The van der Waals surface area contributed by atoms with Crippen LogP contribution in [0.1, 0.15) is 42.5 Å². The van der Waals surface area contributed by atoms with Crippen molar-refractivity contribution in [2.45, 2.75) is 43.9 Å². The first-order chi connectivity index (χ1) is 10.2. The highest BCUT2D eigenvalue weighted by molar-refractivity contribution is 5.90. The number of fused-ring (bicyclic) bond motifs is 2. The van der Waals surface area contributed by atoms with Gasteiger partial charge >= 0.3 is 5.97 Å². The van der Waals surface area contributed by atoms with E-state index in [2.05, 4.69) is 5.32 Å². The first-order valence-corrected chi connectivity index (χ1v) is 7.39. The van der Waals surface area contributed by atoms with Gasteiger partial charge in [0.25, 0.3) is 0 Å². The van der Waals surface area contributed by atoms with Gasteiger partial charge in [0.1, 0.15) is 0 Å². The number of hydrogen-bond acceptors (Lipinski definition) is 5. The summed E-state index contributed by atoms with van der Waals surface area (Å²) in [5.41, 5.74) is 0.0190. The number of esters is 1. The van der Waals surface area contributed by atoms with Crippen molar-refractivity contribution in [3.63, 3.8) is 0 Å². The highest BCUT2D eigenvalue weighted by Crippen LogP contribution is 2.37. The van der Waals surface area contributed by atoms with Crippen molar-refractivity contribution in [2.24, 2.45) is 0 Å². The van der Waals surface area contributed by atoms with Crippen LogP contribution in [0, 0.1) is 0 Å². The first kappa shape index (κ1) is 14.2. The van der Waals surface area contributed by atoms with Gasteiger partial charge in [-0.1, -0.05) is 0 Å². The molecule has 2 bridgehead atoms. The Bertz CT molecular complexity index is 541. The summed E-state index contributed by atoms with van der Waals surface area (Å²) in [7, 11) is 3.12. The molecular weight excluding hydrogens is 270 g/mol. The van der Waals surface area contributed by atoms with Gasteiger partial charge in [-0.25, -0.2) is 4.79 Å². The van der Waals surface area contributed by atoms with E-state index >= 15 is 0 Å². The van der Waals surface area contributed by atoms with E-state index in [1.165, 1.54) is 6.42 Å². The average Bonchev–Trinajstić information content (AvgIpc) is 2.80. The minimum Gasteiger partial charge on any atom is -0.493 e. The number of nitrogens with one attached hydrogen (secondary N) is 1. The van der Waals surface area contributed by atoms with Crippen LogP contribution in [0.3, 0.4) is 0 Å². The molecule has 0 spiro atoms. The predicted molar refractivity (Wildman–Crippen MR) is 77.7 cm³/mol. The highest BCUT2D eigenvalue weighted by atomic mass is 16.6. The summed E-state index contributed by atoms with van der Waals surface area (Å²) < 4.78 is 16.2. The van der Waals surface area contributed by atoms with Crippen LogP contribution in [0.5, 0.6) is 11.5 Å². The van der Waals surface area contributed by atoms with Crippen molar-refractivity contribution in [3.05, 3.63) is 23.8 Å². The fourth-order valence-corrected chi connectivity index (χ4v) is 3.30. The number of carbonyl (C=O) groups excluding carboxylic acids is 1. The summed E-state index contributed by atoms with van der Waals surface area (Å²) in [5.74, 6) is 0.820. The lowest BCUT2D eigenvalue weighted by atomic mass is 10.0. The lowest BCUT2D eigenvalue weighted by molar-refractivity contribution is -0.0420. The number of hydrogen-bond donors (Lipinski definition) is 1. The third kappa shape index (κ3) is 2.70. The van der Waals surface area contributed by atoms with Crippen LogP contribution < -0.4 is 14.8 Å². The lowest BCUT2D eigenvalue weighted by Gasteiger charge is -2.34. The van der Waals surface area contributed by atoms with E-state index < -0.39 is 5.72 Å². The maximum Gasteiger partial charge on any atom is 0.340 e. The minimum absolute atomic E-state index is 0.314. The molecule has 5 nitrogen and oxygen atoms in total. The van der Waals surface area contributed by atoms with Crippen molar-refractivity contribution in [2.75, 3.05) is 14.2 Å². The normalized spacial score (nSPS) is 27.2. The second kappa shape index (κ2) is 5.56. The second-order valence-electron chi connectivity index (χ2n) is 5.73. The Morgan fingerprint density at radius 3 is 2.76 bits per heavy atom. The average molecular weight is 291 g/mol. The maximum absolute atomic E-state index is 12.4. The van der Waals surface area contributed by atoms with E-state index in [1.54, 1.807) is 32.4 Å². The van der Waals surface area contributed by atoms with Gasteiger partial charge in [0, 0.05) is 18.9 Å². The van der Waals surface area contributed by atoms with E-state index in [4.69, 9.17) is 14.2 Å². The molecule has 0 saturated carbocycles. The molecule has 2 unspecified atom stereocenters. The molecule has 2 atom stereocenters. The fourth-order valence-electron chi connectivity index (χ4n) is 3.30. The van der Waals surface area contributed by atoms with Crippen molar-refractivity contribution in [3.8, 4) is 11.5 Å². The molecule has 3 rings (SSSR count). The molecule has 2 aliphatic rings. The van der Waals surface area contributed by atoms with Crippen molar-refractivity contribution < 1.29 is 19.0 Å². The van der Waals surface area contributed by atoms with Gasteiger partial charge in [-0.15, -0.1) is 0 Å². The summed E-state index contributed by atoms with van der Waals surface area (Å²) in [6, 6.07) is 5.58. The topological polar surface area (TPSA) is 56.8 Å². The Labute approximate surface area is 124 Å². The lowest BCUT2D eigenvalue weighted by Crippen LogP contribution is -2.49. The Morgan fingerprint density at radius 2 is 2.00 bits per heavy atom. The molecular formula is C16H21NO4. The first-order valence-electron chi connectivity index (χ1n) is 7.39. The summed E-state index contributed by atoms with van der Waals surface area (Å²) >= 11 is 0. The number of piperidine rings is 1. The van der Waals surface area contributed by atoms with Crippen LogP contribution in [0.25, 0.3) is 0 Å². The molecule has 5 heteroatoms. The zero-order valence-electron chi connectivity index (χ0n) is 12.5. The number of methoxy groups -OCH3 is 2. The summed E-state index contributed by atoms with van der Waals surface area (Å²) in [6.07, 6.45) is 5.16. The second-order valence-corrected chi connectivity index (χ2v) is 5.73. The van der Waals surface area contributed by atoms with Crippen LogP contribution in [0.2, 0.25) is 0 Å². The van der Waals surface area contributed by atoms with Crippen LogP contribution >= 0.6 is 0 Å². The third-order valence-corrected chi connectivity index (χ3v) is 4.40. The molecule has 2 heterocycles. The molecule has 1 aromatic carbocycles. The number of rotatable bonds is 4. The molecule has 1 aromatic rings. The standard InChI is InChI=1S/C16H21NO4/c1-19-13-6-5-11(10-14(13)20-2)15(18)21-16-8-3-4-12(17-16)7-9-16/h5-6,10,12,17H,3-4,7-9H2,1-2H3. The SMILES string of the molecule is COc1ccc(C(=O)OC23CCCC(CC2)N3)cc1OC. The van der Waals surface area contributed by atoms with E-state index in [9.17, 15) is 4.79 Å². The Balaban J connectivity index is 1.76. The Morgan fingerprint density at radius 1 is 1.19 bits per heavy atom. The molecule has 1 N–H and O–H groups in total. The Kier molecular flexibility index (Phi) is 3.76. The minimum atomic E-state index is -0.465. The number of carbonyl (C=O) groups is 1. The van der Waals surface area contributed by atoms with Crippen molar-refractivity contribution >= 4 is 5.97 Å². The molecule has 21 heavy (non-hydrogen) atoms.